The van der Waals surface area contributed by atoms with Gasteiger partial charge in [-0.2, -0.15) is 8.42 Å². The molecule has 10 heteroatoms. The van der Waals surface area contributed by atoms with Gasteiger partial charge in [-0.25, -0.2) is 9.69 Å². The molecule has 1 heterocycles. The molecule has 0 aliphatic carbocycles. The SMILES string of the molecule is Cc1ccc(S(=O)(=O)Oc2ccc(/C=C3/C(=O)NC(=O)N(c4ccc(Br)cc4C)C3=O)cc2)cc1. The summed E-state index contributed by atoms with van der Waals surface area (Å²) in [5.74, 6) is -1.53. The largest absolute Gasteiger partial charge is 0.379 e. The van der Waals surface area contributed by atoms with Gasteiger partial charge < -0.3 is 4.18 Å². The third kappa shape index (κ3) is 5.18. The van der Waals surface area contributed by atoms with E-state index in [9.17, 15) is 22.8 Å². The lowest BCUT2D eigenvalue weighted by Gasteiger charge is -2.27. The Kier molecular flexibility index (Phi) is 6.60. The summed E-state index contributed by atoms with van der Waals surface area (Å²) in [5.41, 5.74) is 2.11. The number of barbiturate groups is 1. The number of nitrogens with zero attached hydrogens (tertiary/aromatic N) is 1. The third-order valence-electron chi connectivity index (χ3n) is 5.21. The lowest BCUT2D eigenvalue weighted by Crippen LogP contribution is -2.54. The zero-order chi connectivity index (χ0) is 25.3. The zero-order valence-corrected chi connectivity index (χ0v) is 21.0. The van der Waals surface area contributed by atoms with Crippen LogP contribution in [0.3, 0.4) is 0 Å². The topological polar surface area (TPSA) is 110 Å². The fourth-order valence-corrected chi connectivity index (χ4v) is 4.82. The van der Waals surface area contributed by atoms with Gasteiger partial charge in [0, 0.05) is 4.47 Å². The minimum absolute atomic E-state index is 0.0201. The molecule has 4 rings (SSSR count). The van der Waals surface area contributed by atoms with Crippen molar-refractivity contribution in [3.8, 4) is 5.75 Å². The molecule has 3 aromatic rings. The molecule has 4 amide bonds. The Morgan fingerprint density at radius 3 is 2.20 bits per heavy atom. The van der Waals surface area contributed by atoms with Crippen molar-refractivity contribution in [2.24, 2.45) is 0 Å². The van der Waals surface area contributed by atoms with E-state index in [2.05, 4.69) is 21.2 Å². The van der Waals surface area contributed by atoms with Crippen LogP contribution in [0.2, 0.25) is 0 Å². The van der Waals surface area contributed by atoms with Gasteiger partial charge in [0.15, 0.2) is 0 Å². The number of anilines is 1. The van der Waals surface area contributed by atoms with E-state index in [4.69, 9.17) is 4.18 Å². The van der Waals surface area contributed by atoms with Gasteiger partial charge in [0.25, 0.3) is 11.8 Å². The van der Waals surface area contributed by atoms with Crippen molar-refractivity contribution in [1.82, 2.24) is 5.32 Å². The van der Waals surface area contributed by atoms with Crippen LogP contribution in [-0.4, -0.2) is 26.3 Å². The lowest BCUT2D eigenvalue weighted by atomic mass is 10.1. The van der Waals surface area contributed by atoms with Gasteiger partial charge in [0.2, 0.25) is 0 Å². The molecule has 0 radical (unpaired) electrons. The molecule has 1 saturated heterocycles. The highest BCUT2D eigenvalue weighted by molar-refractivity contribution is 9.10. The maximum absolute atomic E-state index is 13.1. The summed E-state index contributed by atoms with van der Waals surface area (Å²) in [5, 5.41) is 2.18. The number of rotatable bonds is 5. The van der Waals surface area contributed by atoms with Crippen molar-refractivity contribution in [3.63, 3.8) is 0 Å². The van der Waals surface area contributed by atoms with Crippen molar-refractivity contribution >= 4 is 55.7 Å². The molecule has 35 heavy (non-hydrogen) atoms. The van der Waals surface area contributed by atoms with E-state index in [-0.39, 0.29) is 16.2 Å². The van der Waals surface area contributed by atoms with Crippen LogP contribution in [0.25, 0.3) is 6.08 Å². The van der Waals surface area contributed by atoms with Crippen LogP contribution in [0.4, 0.5) is 10.5 Å². The molecule has 1 fully saturated rings. The number of carbonyl (C=O) groups is 3. The Balaban J connectivity index is 1.58. The van der Waals surface area contributed by atoms with Crippen LogP contribution >= 0.6 is 15.9 Å². The average molecular weight is 555 g/mol. The predicted molar refractivity (Wildman–Crippen MR) is 133 cm³/mol. The monoisotopic (exact) mass is 554 g/mol. The highest BCUT2D eigenvalue weighted by atomic mass is 79.9. The van der Waals surface area contributed by atoms with Crippen molar-refractivity contribution in [2.75, 3.05) is 4.90 Å². The first-order valence-corrected chi connectivity index (χ1v) is 12.5. The number of nitrogens with one attached hydrogen (secondary N) is 1. The zero-order valence-electron chi connectivity index (χ0n) is 18.6. The molecule has 178 valence electrons. The standard InChI is InChI=1S/C25H19BrN2O6S/c1-15-3-10-20(11-4-15)35(32,33)34-19-8-5-17(6-9-19)14-21-23(29)27-25(31)28(24(21)30)22-12-7-18(26)13-16(22)2/h3-14H,1-2H3,(H,27,29,31)/b21-14-. The Hall–Kier alpha value is -3.76. The van der Waals surface area contributed by atoms with Gasteiger partial charge in [-0.1, -0.05) is 45.8 Å². The summed E-state index contributed by atoms with van der Waals surface area (Å²) < 4.78 is 30.9. The van der Waals surface area contributed by atoms with Gasteiger partial charge in [-0.15, -0.1) is 0 Å². The number of hydrogen-bond donors (Lipinski definition) is 1. The van der Waals surface area contributed by atoms with E-state index >= 15 is 0 Å². The second kappa shape index (κ2) is 9.47. The predicted octanol–water partition coefficient (Wildman–Crippen LogP) is 4.50. The molecule has 8 nitrogen and oxygen atoms in total. The summed E-state index contributed by atoms with van der Waals surface area (Å²) in [6.07, 6.45) is 1.32. The van der Waals surface area contributed by atoms with E-state index < -0.39 is 28.0 Å². The minimum Gasteiger partial charge on any atom is -0.379 e. The average Bonchev–Trinajstić information content (AvgIpc) is 2.79. The van der Waals surface area contributed by atoms with E-state index in [1.807, 2.05) is 6.92 Å². The molecule has 1 N–H and O–H groups in total. The maximum Gasteiger partial charge on any atom is 0.339 e. The summed E-state index contributed by atoms with van der Waals surface area (Å²) in [4.78, 5) is 38.8. The molecule has 1 aliphatic heterocycles. The van der Waals surface area contributed by atoms with Crippen LogP contribution in [0.5, 0.6) is 5.75 Å². The molecular formula is C25H19BrN2O6S. The normalized spacial score (nSPS) is 15.3. The number of halogens is 1. The van der Waals surface area contributed by atoms with Crippen LogP contribution in [0.15, 0.2) is 81.7 Å². The molecule has 0 saturated carbocycles. The number of aryl methyl sites for hydroxylation is 2. The second-order valence-corrected chi connectivity index (χ2v) is 10.3. The maximum atomic E-state index is 13.1. The number of urea groups is 1. The number of hydrogen-bond acceptors (Lipinski definition) is 6. The molecule has 0 bridgehead atoms. The van der Waals surface area contributed by atoms with Gasteiger partial charge in [-0.05, 0) is 73.5 Å². The Morgan fingerprint density at radius 2 is 1.57 bits per heavy atom. The fourth-order valence-electron chi connectivity index (χ4n) is 3.41. The van der Waals surface area contributed by atoms with E-state index in [0.29, 0.717) is 16.8 Å². The molecular weight excluding hydrogens is 536 g/mol. The Bertz CT molecular complexity index is 1480. The van der Waals surface area contributed by atoms with Crippen molar-refractivity contribution in [1.29, 1.82) is 0 Å². The van der Waals surface area contributed by atoms with Crippen molar-refractivity contribution in [2.45, 2.75) is 18.7 Å². The van der Waals surface area contributed by atoms with E-state index in [1.54, 1.807) is 37.3 Å². The quantitative estimate of drug-likeness (QED) is 0.282. The number of imide groups is 2. The summed E-state index contributed by atoms with van der Waals surface area (Å²) >= 11 is 3.34. The smallest absolute Gasteiger partial charge is 0.339 e. The van der Waals surface area contributed by atoms with Crippen LogP contribution in [-0.2, 0) is 19.7 Å². The van der Waals surface area contributed by atoms with Crippen LogP contribution in [0, 0.1) is 13.8 Å². The molecule has 1 aliphatic rings. The van der Waals surface area contributed by atoms with Crippen LogP contribution in [0.1, 0.15) is 16.7 Å². The molecule has 0 atom stereocenters. The summed E-state index contributed by atoms with van der Waals surface area (Å²) in [6, 6.07) is 16.3. The van der Waals surface area contributed by atoms with Gasteiger partial charge in [0.1, 0.15) is 16.2 Å². The number of amides is 4. The highest BCUT2D eigenvalue weighted by Gasteiger charge is 2.37. The molecule has 0 spiro atoms. The van der Waals surface area contributed by atoms with E-state index in [1.165, 1.54) is 42.5 Å². The number of benzene rings is 3. The van der Waals surface area contributed by atoms with Gasteiger partial charge >= 0.3 is 16.1 Å². The first kappa shape index (κ1) is 24.4. The van der Waals surface area contributed by atoms with Gasteiger partial charge in [0.05, 0.1) is 5.69 Å². The summed E-state index contributed by atoms with van der Waals surface area (Å²) in [7, 11) is -4.02. The summed E-state index contributed by atoms with van der Waals surface area (Å²) in [6.45, 7) is 3.58. The van der Waals surface area contributed by atoms with E-state index in [0.717, 1.165) is 14.9 Å². The Morgan fingerprint density at radius 1 is 0.914 bits per heavy atom. The fraction of sp³-hybridized carbons (Fsp3) is 0.0800. The molecule has 0 aromatic heterocycles. The van der Waals surface area contributed by atoms with Gasteiger partial charge in [-0.3, -0.25) is 14.9 Å². The highest BCUT2D eigenvalue weighted by Crippen LogP contribution is 2.28. The molecule has 3 aromatic carbocycles. The minimum atomic E-state index is -4.02. The first-order chi connectivity index (χ1) is 16.5. The second-order valence-electron chi connectivity index (χ2n) is 7.81. The van der Waals surface area contributed by atoms with Crippen LogP contribution < -0.4 is 14.4 Å². The molecule has 0 unspecified atom stereocenters. The van der Waals surface area contributed by atoms with Crippen molar-refractivity contribution in [3.05, 3.63) is 93.5 Å². The lowest BCUT2D eigenvalue weighted by molar-refractivity contribution is -0.122. The first-order valence-electron chi connectivity index (χ1n) is 10.3. The third-order valence-corrected chi connectivity index (χ3v) is 6.96. The Labute approximate surface area is 210 Å². The van der Waals surface area contributed by atoms with Crippen molar-refractivity contribution < 1.29 is 27.0 Å². The number of carbonyl (C=O) groups excluding carboxylic acids is 3.